The number of phenols is 1. The van der Waals surface area contributed by atoms with Gasteiger partial charge in [-0.2, -0.15) is 0 Å². The van der Waals surface area contributed by atoms with Crippen LogP contribution in [-0.2, 0) is 7.05 Å². The van der Waals surface area contributed by atoms with Crippen LogP contribution >= 0.6 is 11.8 Å². The Morgan fingerprint density at radius 1 is 1.33 bits per heavy atom. The van der Waals surface area contributed by atoms with E-state index in [4.69, 9.17) is 5.11 Å². The van der Waals surface area contributed by atoms with E-state index in [1.165, 1.54) is 23.9 Å². The highest BCUT2D eigenvalue weighted by Gasteiger charge is 2.10. The molecule has 0 bridgehead atoms. The predicted molar refractivity (Wildman–Crippen MR) is 68.9 cm³/mol. The third-order valence-electron chi connectivity index (χ3n) is 2.57. The summed E-state index contributed by atoms with van der Waals surface area (Å²) in [7, 11) is 1.86. The van der Waals surface area contributed by atoms with Gasteiger partial charge < -0.3 is 9.67 Å². The fourth-order valence-electron chi connectivity index (χ4n) is 1.37. The molecule has 1 N–H and O–H groups in total. The van der Waals surface area contributed by atoms with Crippen LogP contribution in [-0.4, -0.2) is 31.4 Å². The summed E-state index contributed by atoms with van der Waals surface area (Å²) in [5, 5.41) is 17.8. The fraction of sp³-hybridized carbons (Fsp3) is 0.250. The van der Waals surface area contributed by atoms with Crippen LogP contribution in [0.25, 0.3) is 0 Å². The number of aromatic nitrogens is 3. The minimum absolute atomic E-state index is 0.000605. The number of benzene rings is 1. The molecule has 2 aromatic rings. The van der Waals surface area contributed by atoms with E-state index in [0.717, 1.165) is 11.0 Å². The molecule has 0 aliphatic rings. The zero-order valence-corrected chi connectivity index (χ0v) is 10.9. The van der Waals surface area contributed by atoms with Crippen molar-refractivity contribution < 1.29 is 9.90 Å². The van der Waals surface area contributed by atoms with Crippen molar-refractivity contribution in [1.29, 1.82) is 0 Å². The van der Waals surface area contributed by atoms with Gasteiger partial charge in [-0.25, -0.2) is 0 Å². The molecule has 2 rings (SSSR count). The lowest BCUT2D eigenvalue weighted by Crippen LogP contribution is -2.03. The SMILES string of the molecule is Cc1nnc(SCC(=O)c2ccc(O)cc2)n1C. The first kappa shape index (κ1) is 12.6. The van der Waals surface area contributed by atoms with E-state index in [-0.39, 0.29) is 11.5 Å². The second-order valence-corrected chi connectivity index (χ2v) is 4.79. The molecule has 94 valence electrons. The van der Waals surface area contributed by atoms with Gasteiger partial charge in [-0.05, 0) is 31.2 Å². The summed E-state index contributed by atoms with van der Waals surface area (Å²) >= 11 is 1.35. The van der Waals surface area contributed by atoms with E-state index in [1.807, 2.05) is 18.5 Å². The van der Waals surface area contributed by atoms with E-state index in [2.05, 4.69) is 10.2 Å². The Labute approximate surface area is 109 Å². The van der Waals surface area contributed by atoms with Crippen molar-refractivity contribution in [3.8, 4) is 5.75 Å². The highest BCUT2D eigenvalue weighted by molar-refractivity contribution is 7.99. The second kappa shape index (κ2) is 5.22. The average Bonchev–Trinajstić information content (AvgIpc) is 2.68. The van der Waals surface area contributed by atoms with Gasteiger partial charge in [0.2, 0.25) is 0 Å². The van der Waals surface area contributed by atoms with Gasteiger partial charge in [-0.3, -0.25) is 4.79 Å². The molecule has 0 aliphatic carbocycles. The predicted octanol–water partition coefficient (Wildman–Crippen LogP) is 1.80. The van der Waals surface area contributed by atoms with Crippen molar-refractivity contribution >= 4 is 17.5 Å². The number of carbonyl (C=O) groups excluding carboxylic acids is 1. The van der Waals surface area contributed by atoms with Gasteiger partial charge in [0.1, 0.15) is 11.6 Å². The third-order valence-corrected chi connectivity index (χ3v) is 3.59. The maximum atomic E-state index is 11.9. The van der Waals surface area contributed by atoms with Crippen LogP contribution in [0.4, 0.5) is 0 Å². The number of ketones is 1. The van der Waals surface area contributed by atoms with Crippen LogP contribution in [0, 0.1) is 6.92 Å². The summed E-state index contributed by atoms with van der Waals surface area (Å²) in [4.78, 5) is 11.9. The number of thioether (sulfide) groups is 1. The van der Waals surface area contributed by atoms with Gasteiger partial charge in [0.15, 0.2) is 10.9 Å². The second-order valence-electron chi connectivity index (χ2n) is 3.85. The maximum absolute atomic E-state index is 11.9. The number of carbonyl (C=O) groups is 1. The van der Waals surface area contributed by atoms with Gasteiger partial charge in [0.25, 0.3) is 0 Å². The molecule has 6 heteroatoms. The monoisotopic (exact) mass is 263 g/mol. The molecule has 0 atom stereocenters. The summed E-state index contributed by atoms with van der Waals surface area (Å²) in [5.74, 6) is 1.27. The normalized spacial score (nSPS) is 10.6. The number of phenolic OH excluding ortho intramolecular Hbond substituents is 1. The lowest BCUT2D eigenvalue weighted by molar-refractivity contribution is 0.102. The molecule has 0 amide bonds. The summed E-state index contributed by atoms with van der Waals surface area (Å²) in [6, 6.07) is 6.23. The van der Waals surface area contributed by atoms with E-state index in [9.17, 15) is 4.79 Å². The third kappa shape index (κ3) is 2.70. The van der Waals surface area contributed by atoms with Crippen LogP contribution in [0.1, 0.15) is 16.2 Å². The molecular formula is C12H13N3O2S. The van der Waals surface area contributed by atoms with E-state index in [0.29, 0.717) is 11.3 Å². The Hall–Kier alpha value is -1.82. The fourth-order valence-corrected chi connectivity index (χ4v) is 2.23. The van der Waals surface area contributed by atoms with Gasteiger partial charge in [0.05, 0.1) is 5.75 Å². The minimum Gasteiger partial charge on any atom is -0.508 e. The molecule has 0 saturated carbocycles. The number of aryl methyl sites for hydroxylation is 1. The topological polar surface area (TPSA) is 68.0 Å². The molecule has 0 radical (unpaired) electrons. The van der Waals surface area contributed by atoms with Crippen LogP contribution in [0.3, 0.4) is 0 Å². The van der Waals surface area contributed by atoms with Crippen molar-refractivity contribution in [3.05, 3.63) is 35.7 Å². The van der Waals surface area contributed by atoms with Crippen molar-refractivity contribution in [2.75, 3.05) is 5.75 Å². The van der Waals surface area contributed by atoms with Gasteiger partial charge in [-0.15, -0.1) is 10.2 Å². The molecule has 0 spiro atoms. The Kier molecular flexibility index (Phi) is 3.66. The Bertz CT molecular complexity index is 563. The molecule has 18 heavy (non-hydrogen) atoms. The molecule has 0 saturated heterocycles. The highest BCUT2D eigenvalue weighted by atomic mass is 32.2. The van der Waals surface area contributed by atoms with Crippen molar-refractivity contribution in [2.45, 2.75) is 12.1 Å². The molecule has 0 aliphatic heterocycles. The zero-order chi connectivity index (χ0) is 13.1. The van der Waals surface area contributed by atoms with Gasteiger partial charge in [0, 0.05) is 12.6 Å². The van der Waals surface area contributed by atoms with Crippen LogP contribution < -0.4 is 0 Å². The summed E-state index contributed by atoms with van der Waals surface area (Å²) in [5.41, 5.74) is 0.583. The van der Waals surface area contributed by atoms with Gasteiger partial charge >= 0.3 is 0 Å². The van der Waals surface area contributed by atoms with E-state index < -0.39 is 0 Å². The first-order chi connectivity index (χ1) is 8.58. The molecule has 1 aromatic carbocycles. The molecule has 1 heterocycles. The lowest BCUT2D eigenvalue weighted by atomic mass is 10.1. The highest BCUT2D eigenvalue weighted by Crippen LogP contribution is 2.18. The standard InChI is InChI=1S/C12H13N3O2S/c1-8-13-14-12(15(8)2)18-7-11(17)9-3-5-10(16)6-4-9/h3-6,16H,7H2,1-2H3. The molecule has 0 unspecified atom stereocenters. The van der Waals surface area contributed by atoms with E-state index >= 15 is 0 Å². The Morgan fingerprint density at radius 3 is 2.56 bits per heavy atom. The first-order valence-electron chi connectivity index (χ1n) is 5.39. The molecule has 1 aromatic heterocycles. The van der Waals surface area contributed by atoms with Crippen LogP contribution in [0.15, 0.2) is 29.4 Å². The average molecular weight is 263 g/mol. The largest absolute Gasteiger partial charge is 0.508 e. The maximum Gasteiger partial charge on any atom is 0.191 e. The summed E-state index contributed by atoms with van der Waals surface area (Å²) in [6.07, 6.45) is 0. The number of nitrogens with zero attached hydrogens (tertiary/aromatic N) is 3. The summed E-state index contributed by atoms with van der Waals surface area (Å²) < 4.78 is 1.84. The van der Waals surface area contributed by atoms with E-state index in [1.54, 1.807) is 12.1 Å². The number of rotatable bonds is 4. The molecule has 5 nitrogen and oxygen atoms in total. The number of hydrogen-bond acceptors (Lipinski definition) is 5. The Morgan fingerprint density at radius 2 is 2.00 bits per heavy atom. The lowest BCUT2D eigenvalue weighted by Gasteiger charge is -2.02. The van der Waals surface area contributed by atoms with Crippen LogP contribution in [0.5, 0.6) is 5.75 Å². The molecular weight excluding hydrogens is 250 g/mol. The minimum atomic E-state index is 0.000605. The smallest absolute Gasteiger partial charge is 0.191 e. The van der Waals surface area contributed by atoms with Crippen molar-refractivity contribution in [3.63, 3.8) is 0 Å². The molecule has 0 fully saturated rings. The zero-order valence-electron chi connectivity index (χ0n) is 10.1. The van der Waals surface area contributed by atoms with Crippen molar-refractivity contribution in [1.82, 2.24) is 14.8 Å². The number of aromatic hydroxyl groups is 1. The van der Waals surface area contributed by atoms with Gasteiger partial charge in [-0.1, -0.05) is 11.8 Å². The Balaban J connectivity index is 2.00. The van der Waals surface area contributed by atoms with Crippen molar-refractivity contribution in [2.24, 2.45) is 7.05 Å². The summed E-state index contributed by atoms with van der Waals surface area (Å²) in [6.45, 7) is 1.86. The first-order valence-corrected chi connectivity index (χ1v) is 6.37. The number of hydrogen-bond donors (Lipinski definition) is 1. The van der Waals surface area contributed by atoms with Crippen LogP contribution in [0.2, 0.25) is 0 Å². The quantitative estimate of drug-likeness (QED) is 0.673. The number of Topliss-reactive ketones (excluding diaryl/α,β-unsaturated/α-hetero) is 1.